The Bertz CT molecular complexity index is 712. The molecule has 2 heterocycles. The molecule has 0 bridgehead atoms. The highest BCUT2D eigenvalue weighted by molar-refractivity contribution is 5.93. The van der Waals surface area contributed by atoms with Crippen molar-refractivity contribution in [1.82, 2.24) is 15.1 Å². The van der Waals surface area contributed by atoms with Gasteiger partial charge in [-0.3, -0.25) is 9.48 Å². The third-order valence-corrected chi connectivity index (χ3v) is 4.55. The maximum atomic E-state index is 12.0. The lowest BCUT2D eigenvalue weighted by Crippen LogP contribution is -2.35. The van der Waals surface area contributed by atoms with Crippen molar-refractivity contribution in [2.24, 2.45) is 0 Å². The monoisotopic (exact) mass is 340 g/mol. The van der Waals surface area contributed by atoms with E-state index in [1.807, 2.05) is 15.8 Å². The molecule has 1 aliphatic rings. The van der Waals surface area contributed by atoms with Gasteiger partial charge >= 0.3 is 0 Å². The molecule has 0 aliphatic carbocycles. The Morgan fingerprint density at radius 2 is 1.80 bits per heavy atom. The van der Waals surface area contributed by atoms with Crippen molar-refractivity contribution in [3.05, 3.63) is 47.8 Å². The first-order valence-corrected chi connectivity index (χ1v) is 9.07. The van der Waals surface area contributed by atoms with Gasteiger partial charge in [-0.25, -0.2) is 0 Å². The number of amides is 1. The molecule has 1 aromatic heterocycles. The molecule has 1 aliphatic heterocycles. The quantitative estimate of drug-likeness (QED) is 0.907. The van der Waals surface area contributed by atoms with Crippen LogP contribution in [0.5, 0.6) is 0 Å². The van der Waals surface area contributed by atoms with E-state index in [0.717, 1.165) is 38.2 Å². The maximum absolute atomic E-state index is 12.0. The number of aromatic nitrogens is 2. The molecular weight excluding hydrogens is 312 g/mol. The number of nitrogens with zero attached hydrogens (tertiary/aromatic N) is 3. The summed E-state index contributed by atoms with van der Waals surface area (Å²) in [5.41, 5.74) is 3.43. The Balaban J connectivity index is 1.52. The van der Waals surface area contributed by atoms with Crippen LogP contribution in [0.3, 0.4) is 0 Å². The second kappa shape index (κ2) is 7.40. The van der Waals surface area contributed by atoms with Crippen molar-refractivity contribution in [3.63, 3.8) is 0 Å². The summed E-state index contributed by atoms with van der Waals surface area (Å²) < 4.78 is 1.99. The average Bonchev–Trinajstić information content (AvgIpc) is 3.05. The lowest BCUT2D eigenvalue weighted by atomic mass is 10.1. The van der Waals surface area contributed by atoms with Crippen LogP contribution in [0.2, 0.25) is 0 Å². The number of anilines is 1. The molecule has 0 radical (unpaired) electrons. The SMILES string of the molecule is CC(C)(C)n1cc(CNCc2ccc(N3CCCCC3=O)cc2)cn1. The Morgan fingerprint density at radius 1 is 1.08 bits per heavy atom. The lowest BCUT2D eigenvalue weighted by molar-refractivity contribution is -0.119. The highest BCUT2D eigenvalue weighted by atomic mass is 16.2. The highest BCUT2D eigenvalue weighted by Gasteiger charge is 2.19. The minimum atomic E-state index is 0.0139. The second-order valence-corrected chi connectivity index (χ2v) is 7.74. The number of carbonyl (C=O) groups is 1. The van der Waals surface area contributed by atoms with E-state index in [4.69, 9.17) is 0 Å². The van der Waals surface area contributed by atoms with Gasteiger partial charge in [0.15, 0.2) is 0 Å². The fourth-order valence-corrected chi connectivity index (χ4v) is 3.04. The van der Waals surface area contributed by atoms with E-state index < -0.39 is 0 Å². The third kappa shape index (κ3) is 4.48. The molecule has 1 amide bonds. The Hall–Kier alpha value is -2.14. The van der Waals surface area contributed by atoms with Gasteiger partial charge in [-0.05, 0) is 51.3 Å². The summed E-state index contributed by atoms with van der Waals surface area (Å²) in [7, 11) is 0. The van der Waals surface area contributed by atoms with Crippen LogP contribution in [-0.2, 0) is 23.4 Å². The smallest absolute Gasteiger partial charge is 0.226 e. The van der Waals surface area contributed by atoms with E-state index >= 15 is 0 Å². The molecule has 2 aromatic rings. The topological polar surface area (TPSA) is 50.2 Å². The third-order valence-electron chi connectivity index (χ3n) is 4.55. The summed E-state index contributed by atoms with van der Waals surface area (Å²) in [6, 6.07) is 8.31. The molecule has 0 atom stereocenters. The summed E-state index contributed by atoms with van der Waals surface area (Å²) in [6.07, 6.45) is 6.80. The Kier molecular flexibility index (Phi) is 5.23. The molecule has 3 rings (SSSR count). The fraction of sp³-hybridized carbons (Fsp3) is 0.500. The molecule has 5 nitrogen and oxygen atoms in total. The molecular formula is C20H28N4O. The first-order chi connectivity index (χ1) is 11.9. The first kappa shape index (κ1) is 17.7. The zero-order valence-electron chi connectivity index (χ0n) is 15.5. The maximum Gasteiger partial charge on any atom is 0.226 e. The van der Waals surface area contributed by atoms with Crippen LogP contribution in [0.25, 0.3) is 0 Å². The molecule has 1 aromatic carbocycles. The highest BCUT2D eigenvalue weighted by Crippen LogP contribution is 2.21. The van der Waals surface area contributed by atoms with Gasteiger partial charge in [-0.2, -0.15) is 5.10 Å². The number of hydrogen-bond donors (Lipinski definition) is 1. The molecule has 25 heavy (non-hydrogen) atoms. The van der Waals surface area contributed by atoms with Crippen LogP contribution in [0, 0.1) is 0 Å². The van der Waals surface area contributed by atoms with Crippen LogP contribution in [0.1, 0.15) is 51.2 Å². The van der Waals surface area contributed by atoms with Crippen molar-refractivity contribution in [2.45, 2.75) is 58.7 Å². The first-order valence-electron chi connectivity index (χ1n) is 9.07. The van der Waals surface area contributed by atoms with Crippen LogP contribution in [0.15, 0.2) is 36.7 Å². The molecule has 1 N–H and O–H groups in total. The van der Waals surface area contributed by atoms with Gasteiger partial charge in [0.25, 0.3) is 0 Å². The number of rotatable bonds is 5. The second-order valence-electron chi connectivity index (χ2n) is 7.74. The molecule has 134 valence electrons. The normalized spacial score (nSPS) is 15.6. The van der Waals surface area contributed by atoms with Gasteiger partial charge < -0.3 is 10.2 Å². The fourth-order valence-electron chi connectivity index (χ4n) is 3.04. The summed E-state index contributed by atoms with van der Waals surface area (Å²) in [6.45, 7) is 8.87. The molecule has 0 saturated carbocycles. The number of benzene rings is 1. The largest absolute Gasteiger partial charge is 0.312 e. The molecule has 0 spiro atoms. The minimum Gasteiger partial charge on any atom is -0.312 e. The van der Waals surface area contributed by atoms with E-state index in [-0.39, 0.29) is 11.4 Å². The summed E-state index contributed by atoms with van der Waals surface area (Å²) in [5, 5.41) is 7.88. The molecule has 5 heteroatoms. The van der Waals surface area contributed by atoms with Crippen molar-refractivity contribution in [1.29, 1.82) is 0 Å². The van der Waals surface area contributed by atoms with E-state index in [9.17, 15) is 4.79 Å². The number of hydrogen-bond acceptors (Lipinski definition) is 3. The van der Waals surface area contributed by atoms with E-state index in [1.165, 1.54) is 11.1 Å². The zero-order chi connectivity index (χ0) is 17.9. The van der Waals surface area contributed by atoms with Crippen molar-refractivity contribution in [3.8, 4) is 0 Å². The lowest BCUT2D eigenvalue weighted by Gasteiger charge is -2.26. The Morgan fingerprint density at radius 3 is 2.44 bits per heavy atom. The minimum absolute atomic E-state index is 0.0139. The van der Waals surface area contributed by atoms with Crippen molar-refractivity contribution >= 4 is 11.6 Å². The summed E-state index contributed by atoms with van der Waals surface area (Å²) in [4.78, 5) is 13.9. The van der Waals surface area contributed by atoms with Crippen LogP contribution >= 0.6 is 0 Å². The predicted molar refractivity (Wildman–Crippen MR) is 100 cm³/mol. The standard InChI is InChI=1S/C20H28N4O/c1-20(2,3)24-15-17(14-22-24)13-21-12-16-7-9-18(10-8-16)23-11-5-4-6-19(23)25/h7-10,14-15,21H,4-6,11-13H2,1-3H3. The molecule has 1 saturated heterocycles. The van der Waals surface area contributed by atoms with Crippen LogP contribution in [0.4, 0.5) is 5.69 Å². The summed E-state index contributed by atoms with van der Waals surface area (Å²) >= 11 is 0. The predicted octanol–water partition coefficient (Wildman–Crippen LogP) is 3.44. The van der Waals surface area contributed by atoms with E-state index in [0.29, 0.717) is 6.42 Å². The molecule has 1 fully saturated rings. The molecule has 0 unspecified atom stereocenters. The van der Waals surface area contributed by atoms with Crippen LogP contribution < -0.4 is 10.2 Å². The number of piperidine rings is 1. The number of nitrogens with one attached hydrogen (secondary N) is 1. The summed E-state index contributed by atoms with van der Waals surface area (Å²) in [5.74, 6) is 0.244. The Labute approximate surface area is 150 Å². The van der Waals surface area contributed by atoms with Crippen LogP contribution in [-0.4, -0.2) is 22.2 Å². The van der Waals surface area contributed by atoms with Gasteiger partial charge in [0.2, 0.25) is 5.91 Å². The van der Waals surface area contributed by atoms with Gasteiger partial charge in [-0.1, -0.05) is 12.1 Å². The van der Waals surface area contributed by atoms with Crippen molar-refractivity contribution < 1.29 is 4.79 Å². The number of carbonyl (C=O) groups excluding carboxylic acids is 1. The van der Waals surface area contributed by atoms with Gasteiger partial charge in [0.1, 0.15) is 0 Å². The zero-order valence-corrected chi connectivity index (χ0v) is 15.5. The van der Waals surface area contributed by atoms with E-state index in [1.54, 1.807) is 0 Å². The average molecular weight is 340 g/mol. The van der Waals surface area contributed by atoms with Gasteiger partial charge in [-0.15, -0.1) is 0 Å². The van der Waals surface area contributed by atoms with Crippen molar-refractivity contribution in [2.75, 3.05) is 11.4 Å². The van der Waals surface area contributed by atoms with Gasteiger partial charge in [0, 0.05) is 43.5 Å². The van der Waals surface area contributed by atoms with Gasteiger partial charge in [0.05, 0.1) is 11.7 Å². The van der Waals surface area contributed by atoms with E-state index in [2.05, 4.69) is 61.6 Å².